The van der Waals surface area contributed by atoms with Crippen LogP contribution in [0.3, 0.4) is 0 Å². The van der Waals surface area contributed by atoms with Crippen molar-refractivity contribution in [2.45, 2.75) is 24.2 Å². The molecule has 1 N–H and O–H groups in total. The lowest BCUT2D eigenvalue weighted by Gasteiger charge is -2.26. The Morgan fingerprint density at radius 2 is 1.90 bits per heavy atom. The summed E-state index contributed by atoms with van der Waals surface area (Å²) >= 11 is 0. The fourth-order valence-electron chi connectivity index (χ4n) is 2.23. The summed E-state index contributed by atoms with van der Waals surface area (Å²) in [5.41, 5.74) is -0.259. The van der Waals surface area contributed by atoms with Crippen molar-refractivity contribution in [2.24, 2.45) is 0 Å². The Morgan fingerprint density at radius 1 is 1.25 bits per heavy atom. The summed E-state index contributed by atoms with van der Waals surface area (Å²) in [5.74, 6) is -1.37. The van der Waals surface area contributed by atoms with Gasteiger partial charge in [-0.05, 0) is 31.0 Å². The predicted octanol–water partition coefficient (Wildman–Crippen LogP) is 1.36. The number of benzene rings is 1. The zero-order valence-electron chi connectivity index (χ0n) is 11.2. The van der Waals surface area contributed by atoms with Crippen LogP contribution in [0.5, 0.6) is 0 Å². The van der Waals surface area contributed by atoms with Gasteiger partial charge in [-0.1, -0.05) is 6.42 Å². The molecule has 7 heteroatoms. The van der Waals surface area contributed by atoms with E-state index in [0.717, 1.165) is 31.4 Å². The Balaban J connectivity index is 2.39. The van der Waals surface area contributed by atoms with Gasteiger partial charge in [-0.25, -0.2) is 12.8 Å². The molecule has 1 aromatic carbocycles. The van der Waals surface area contributed by atoms with E-state index in [1.165, 1.54) is 17.4 Å². The lowest BCUT2D eigenvalue weighted by atomic mass is 10.2. The standard InChI is InChI=1S/C13H17FN2O3S/c1-15-13(17)11-9-10(5-6-12(11)14)20(18,19)16-7-3-2-4-8-16/h5-6,9H,2-4,7-8H2,1H3,(H,15,17). The van der Waals surface area contributed by atoms with Gasteiger partial charge in [-0.15, -0.1) is 0 Å². The van der Waals surface area contributed by atoms with Crippen LogP contribution in [0, 0.1) is 5.82 Å². The molecule has 1 saturated heterocycles. The minimum Gasteiger partial charge on any atom is -0.355 e. The Labute approximate surface area is 117 Å². The summed E-state index contributed by atoms with van der Waals surface area (Å²) in [5, 5.41) is 2.29. The van der Waals surface area contributed by atoms with Crippen molar-refractivity contribution in [3.8, 4) is 0 Å². The summed E-state index contributed by atoms with van der Waals surface area (Å²) in [7, 11) is -2.29. The smallest absolute Gasteiger partial charge is 0.254 e. The van der Waals surface area contributed by atoms with Gasteiger partial charge in [0.15, 0.2) is 0 Å². The number of halogens is 1. The first-order valence-corrected chi connectivity index (χ1v) is 7.92. The maximum Gasteiger partial charge on any atom is 0.254 e. The van der Waals surface area contributed by atoms with Gasteiger partial charge >= 0.3 is 0 Å². The molecule has 1 aliphatic heterocycles. The van der Waals surface area contributed by atoms with Crippen LogP contribution in [-0.4, -0.2) is 38.8 Å². The van der Waals surface area contributed by atoms with Crippen LogP contribution in [0.15, 0.2) is 23.1 Å². The molecule has 1 heterocycles. The van der Waals surface area contributed by atoms with Gasteiger partial charge in [0.05, 0.1) is 10.5 Å². The number of carbonyl (C=O) groups excluding carboxylic acids is 1. The number of hydrogen-bond donors (Lipinski definition) is 1. The number of amides is 1. The molecule has 1 fully saturated rings. The second kappa shape index (κ2) is 5.88. The summed E-state index contributed by atoms with van der Waals surface area (Å²) in [4.78, 5) is 11.5. The van der Waals surface area contributed by atoms with Gasteiger partial charge in [0.1, 0.15) is 5.82 Å². The van der Waals surface area contributed by atoms with Crippen molar-refractivity contribution in [1.82, 2.24) is 9.62 Å². The molecule has 20 heavy (non-hydrogen) atoms. The van der Waals surface area contributed by atoms with Crippen molar-refractivity contribution < 1.29 is 17.6 Å². The fourth-order valence-corrected chi connectivity index (χ4v) is 3.77. The molecule has 1 aromatic rings. The van der Waals surface area contributed by atoms with Crippen molar-refractivity contribution in [3.05, 3.63) is 29.6 Å². The van der Waals surface area contributed by atoms with E-state index in [2.05, 4.69) is 5.32 Å². The minimum absolute atomic E-state index is 0.0422. The van der Waals surface area contributed by atoms with Gasteiger partial charge in [0.2, 0.25) is 10.0 Å². The van der Waals surface area contributed by atoms with E-state index in [-0.39, 0.29) is 10.5 Å². The molecule has 5 nitrogen and oxygen atoms in total. The van der Waals surface area contributed by atoms with Crippen LogP contribution in [-0.2, 0) is 10.0 Å². The molecule has 0 aliphatic carbocycles. The zero-order chi connectivity index (χ0) is 14.8. The topological polar surface area (TPSA) is 66.5 Å². The Bertz CT molecular complexity index is 610. The van der Waals surface area contributed by atoms with Crippen LogP contribution in [0.2, 0.25) is 0 Å². The number of nitrogens with zero attached hydrogens (tertiary/aromatic N) is 1. The molecule has 0 aromatic heterocycles. The quantitative estimate of drug-likeness (QED) is 0.916. The molecule has 1 amide bonds. The highest BCUT2D eigenvalue weighted by Gasteiger charge is 2.27. The predicted molar refractivity (Wildman–Crippen MR) is 72.4 cm³/mol. The third-order valence-electron chi connectivity index (χ3n) is 3.36. The van der Waals surface area contributed by atoms with Crippen molar-refractivity contribution >= 4 is 15.9 Å². The van der Waals surface area contributed by atoms with E-state index in [4.69, 9.17) is 0 Å². The second-order valence-corrected chi connectivity index (χ2v) is 6.62. The minimum atomic E-state index is -3.66. The summed E-state index contributed by atoms with van der Waals surface area (Å²) < 4.78 is 39.8. The van der Waals surface area contributed by atoms with E-state index in [9.17, 15) is 17.6 Å². The SMILES string of the molecule is CNC(=O)c1cc(S(=O)(=O)N2CCCCC2)ccc1F. The van der Waals surface area contributed by atoms with Gasteiger partial charge in [0.25, 0.3) is 5.91 Å². The first kappa shape index (κ1) is 14.9. The fraction of sp³-hybridized carbons (Fsp3) is 0.462. The van der Waals surface area contributed by atoms with Crippen molar-refractivity contribution in [1.29, 1.82) is 0 Å². The maximum atomic E-state index is 13.6. The highest BCUT2D eigenvalue weighted by molar-refractivity contribution is 7.89. The Morgan fingerprint density at radius 3 is 2.50 bits per heavy atom. The molecule has 0 atom stereocenters. The van der Waals surface area contributed by atoms with E-state index < -0.39 is 21.7 Å². The van der Waals surface area contributed by atoms with Crippen LogP contribution in [0.4, 0.5) is 4.39 Å². The van der Waals surface area contributed by atoms with Gasteiger partial charge in [-0.3, -0.25) is 4.79 Å². The van der Waals surface area contributed by atoms with E-state index in [0.29, 0.717) is 13.1 Å². The second-order valence-electron chi connectivity index (χ2n) is 4.69. The summed E-state index contributed by atoms with van der Waals surface area (Å²) in [6.45, 7) is 0.935. The normalized spacial score (nSPS) is 16.9. The number of nitrogens with one attached hydrogen (secondary N) is 1. The first-order chi connectivity index (χ1) is 9.46. The lowest BCUT2D eigenvalue weighted by Crippen LogP contribution is -2.35. The number of rotatable bonds is 3. The Hall–Kier alpha value is -1.47. The third kappa shape index (κ3) is 2.83. The number of carbonyl (C=O) groups is 1. The van der Waals surface area contributed by atoms with Crippen LogP contribution in [0.25, 0.3) is 0 Å². The van der Waals surface area contributed by atoms with E-state index >= 15 is 0 Å². The highest BCUT2D eigenvalue weighted by Crippen LogP contribution is 2.22. The summed E-state index contributed by atoms with van der Waals surface area (Å²) in [6.07, 6.45) is 2.66. The molecular formula is C13H17FN2O3S. The molecule has 2 rings (SSSR count). The molecule has 0 unspecified atom stereocenters. The van der Waals surface area contributed by atoms with Crippen LogP contribution >= 0.6 is 0 Å². The molecule has 0 radical (unpaired) electrons. The first-order valence-electron chi connectivity index (χ1n) is 6.48. The van der Waals surface area contributed by atoms with Crippen molar-refractivity contribution in [3.63, 3.8) is 0 Å². The number of hydrogen-bond acceptors (Lipinski definition) is 3. The monoisotopic (exact) mass is 300 g/mol. The maximum absolute atomic E-state index is 13.6. The number of sulfonamides is 1. The average molecular weight is 300 g/mol. The lowest BCUT2D eigenvalue weighted by molar-refractivity contribution is 0.0959. The highest BCUT2D eigenvalue weighted by atomic mass is 32.2. The largest absolute Gasteiger partial charge is 0.355 e. The molecule has 110 valence electrons. The van der Waals surface area contributed by atoms with E-state index in [1.54, 1.807) is 0 Å². The van der Waals surface area contributed by atoms with Crippen LogP contribution in [0.1, 0.15) is 29.6 Å². The third-order valence-corrected chi connectivity index (χ3v) is 5.26. The molecule has 0 bridgehead atoms. The summed E-state index contributed by atoms with van der Waals surface area (Å²) in [6, 6.07) is 3.31. The van der Waals surface area contributed by atoms with Crippen molar-refractivity contribution in [2.75, 3.05) is 20.1 Å². The van der Waals surface area contributed by atoms with Gasteiger partial charge in [0, 0.05) is 20.1 Å². The molecule has 0 saturated carbocycles. The van der Waals surface area contributed by atoms with E-state index in [1.807, 2.05) is 0 Å². The number of piperidine rings is 1. The average Bonchev–Trinajstić information content (AvgIpc) is 2.47. The van der Waals surface area contributed by atoms with Crippen LogP contribution < -0.4 is 5.32 Å². The molecule has 1 aliphatic rings. The zero-order valence-corrected chi connectivity index (χ0v) is 12.0. The molecular weight excluding hydrogens is 283 g/mol. The van der Waals surface area contributed by atoms with Gasteiger partial charge in [-0.2, -0.15) is 4.31 Å². The van der Waals surface area contributed by atoms with Gasteiger partial charge < -0.3 is 5.32 Å². The Kier molecular flexibility index (Phi) is 4.39. The molecule has 0 spiro atoms.